The summed E-state index contributed by atoms with van der Waals surface area (Å²) in [6.45, 7) is 0. The van der Waals surface area contributed by atoms with Gasteiger partial charge in [-0.3, -0.25) is 4.79 Å². The van der Waals surface area contributed by atoms with E-state index in [0.29, 0.717) is 5.76 Å². The van der Waals surface area contributed by atoms with Crippen molar-refractivity contribution in [1.82, 2.24) is 0 Å². The molecular formula is C13H10N2O2. The average Bonchev–Trinajstić information content (AvgIpc) is 2.66. The third kappa shape index (κ3) is 1.45. The molecule has 84 valence electrons. The molecule has 17 heavy (non-hydrogen) atoms. The maximum Gasteiger partial charge on any atom is 0.267 e. The Morgan fingerprint density at radius 3 is 3.00 bits per heavy atom. The zero-order valence-electron chi connectivity index (χ0n) is 8.96. The van der Waals surface area contributed by atoms with Crippen LogP contribution >= 0.6 is 0 Å². The molecule has 1 atom stereocenters. The molecule has 1 aliphatic carbocycles. The van der Waals surface area contributed by atoms with E-state index in [1.54, 1.807) is 0 Å². The van der Waals surface area contributed by atoms with Crippen LogP contribution in [0.15, 0.2) is 41.6 Å². The molecule has 2 aliphatic rings. The molecule has 3 rings (SSSR count). The summed E-state index contributed by atoms with van der Waals surface area (Å²) in [5.41, 5.74) is 5.52. The number of oxime groups is 1. The second kappa shape index (κ2) is 3.59. The lowest BCUT2D eigenvalue weighted by Gasteiger charge is -2.03. The molecule has 0 saturated heterocycles. The Labute approximate surface area is 97.4 Å². The molecule has 1 aromatic carbocycles. The molecule has 1 heterocycles. The van der Waals surface area contributed by atoms with E-state index in [4.69, 9.17) is 10.6 Å². The Hall–Kier alpha value is -2.36. The highest BCUT2D eigenvalue weighted by Gasteiger charge is 2.31. The van der Waals surface area contributed by atoms with E-state index in [1.165, 1.54) is 0 Å². The molecule has 1 amide bonds. The van der Waals surface area contributed by atoms with Crippen molar-refractivity contribution in [3.8, 4) is 0 Å². The molecule has 0 spiro atoms. The van der Waals surface area contributed by atoms with Crippen molar-refractivity contribution in [2.24, 2.45) is 16.8 Å². The number of fused-ring (bicyclic) bond motifs is 2. The largest absolute Gasteiger partial charge is 0.364 e. The van der Waals surface area contributed by atoms with Crippen LogP contribution in [0.1, 0.15) is 0 Å². The second-order valence-corrected chi connectivity index (χ2v) is 3.91. The minimum atomic E-state index is -0.547. The molecule has 1 aromatic rings. The average molecular weight is 226 g/mol. The van der Waals surface area contributed by atoms with Gasteiger partial charge in [0.2, 0.25) is 0 Å². The molecule has 4 nitrogen and oxygen atoms in total. The molecule has 0 bridgehead atoms. The van der Waals surface area contributed by atoms with Crippen LogP contribution in [-0.4, -0.2) is 11.6 Å². The fraction of sp³-hybridized carbons (Fsp3) is 0.0769. The lowest BCUT2D eigenvalue weighted by Crippen LogP contribution is -2.31. The van der Waals surface area contributed by atoms with Crippen LogP contribution in [0.3, 0.4) is 0 Å². The summed E-state index contributed by atoms with van der Waals surface area (Å²) in [6, 6.07) is 7.81. The van der Waals surface area contributed by atoms with Crippen molar-refractivity contribution >= 4 is 23.5 Å². The first-order valence-electron chi connectivity index (χ1n) is 5.30. The van der Waals surface area contributed by atoms with Gasteiger partial charge >= 0.3 is 0 Å². The minimum absolute atomic E-state index is 0.251. The number of carbonyl (C=O) groups excluding carboxylic acids is 1. The normalized spacial score (nSPS) is 20.6. The van der Waals surface area contributed by atoms with Crippen molar-refractivity contribution in [2.75, 3.05) is 0 Å². The highest BCUT2D eigenvalue weighted by atomic mass is 16.6. The standard InChI is InChI=1S/C13H10N2O2/c14-13(16)11-10-7-3-5-8-4-1-2-6-9(8)12(10)17-15-11/h1-7,10H,(H2,14,16). The number of benzene rings is 1. The van der Waals surface area contributed by atoms with Crippen LogP contribution in [0, 0.1) is 5.92 Å². The fourth-order valence-electron chi connectivity index (χ4n) is 2.07. The van der Waals surface area contributed by atoms with Gasteiger partial charge in [-0.15, -0.1) is 0 Å². The predicted octanol–water partition coefficient (Wildman–Crippen LogP) is -0.367. The Morgan fingerprint density at radius 1 is 1.35 bits per heavy atom. The van der Waals surface area contributed by atoms with Gasteiger partial charge in [-0.2, -0.15) is 0 Å². The number of nitrogens with zero attached hydrogens (tertiary/aromatic N) is 1. The second-order valence-electron chi connectivity index (χ2n) is 3.91. The monoisotopic (exact) mass is 226 g/mol. The smallest absolute Gasteiger partial charge is 0.267 e. The van der Waals surface area contributed by atoms with Crippen LogP contribution < -0.4 is 16.2 Å². The topological polar surface area (TPSA) is 64.7 Å². The molecule has 1 aliphatic heterocycles. The summed E-state index contributed by atoms with van der Waals surface area (Å²) >= 11 is 0. The zero-order chi connectivity index (χ0) is 11.8. The van der Waals surface area contributed by atoms with Gasteiger partial charge < -0.3 is 10.6 Å². The van der Waals surface area contributed by atoms with Crippen molar-refractivity contribution in [2.45, 2.75) is 0 Å². The maximum absolute atomic E-state index is 11.2. The summed E-state index contributed by atoms with van der Waals surface area (Å²) in [5, 5.41) is 5.75. The van der Waals surface area contributed by atoms with Crippen molar-refractivity contribution in [1.29, 1.82) is 0 Å². The van der Waals surface area contributed by atoms with Crippen molar-refractivity contribution < 1.29 is 9.63 Å². The summed E-state index contributed by atoms with van der Waals surface area (Å²) in [4.78, 5) is 16.5. The number of nitrogens with two attached hydrogens (primary N) is 1. The fourth-order valence-corrected chi connectivity index (χ4v) is 2.07. The van der Waals surface area contributed by atoms with Crippen LogP contribution in [0.4, 0.5) is 0 Å². The van der Waals surface area contributed by atoms with Gasteiger partial charge in [0.25, 0.3) is 5.91 Å². The summed E-state index contributed by atoms with van der Waals surface area (Å²) in [6.07, 6.45) is 5.73. The Balaban J connectivity index is 2.27. The Morgan fingerprint density at radius 2 is 2.18 bits per heavy atom. The van der Waals surface area contributed by atoms with Crippen LogP contribution in [0.25, 0.3) is 11.8 Å². The highest BCUT2D eigenvalue weighted by molar-refractivity contribution is 6.41. The van der Waals surface area contributed by atoms with Gasteiger partial charge in [0.1, 0.15) is 0 Å². The molecule has 2 N–H and O–H groups in total. The summed E-state index contributed by atoms with van der Waals surface area (Å²) in [5.74, 6) is -0.152. The number of amides is 1. The molecule has 0 aromatic heterocycles. The minimum Gasteiger partial charge on any atom is -0.364 e. The van der Waals surface area contributed by atoms with Gasteiger partial charge in [0.15, 0.2) is 11.5 Å². The number of allylic oxidation sites excluding steroid dienone is 1. The van der Waals surface area contributed by atoms with Gasteiger partial charge in [-0.05, 0) is 5.22 Å². The number of hydrogen-bond donors (Lipinski definition) is 1. The van der Waals surface area contributed by atoms with Gasteiger partial charge in [-0.25, -0.2) is 0 Å². The lowest BCUT2D eigenvalue weighted by atomic mass is 9.99. The Bertz CT molecular complexity index is 671. The van der Waals surface area contributed by atoms with E-state index in [-0.39, 0.29) is 11.6 Å². The molecule has 0 radical (unpaired) electrons. The summed E-state index contributed by atoms with van der Waals surface area (Å²) < 4.78 is 0. The number of carbonyl (C=O) groups is 1. The highest BCUT2D eigenvalue weighted by Crippen LogP contribution is 2.24. The van der Waals surface area contributed by atoms with Gasteiger partial charge in [0, 0.05) is 5.22 Å². The summed E-state index contributed by atoms with van der Waals surface area (Å²) in [7, 11) is 0. The predicted molar refractivity (Wildman–Crippen MR) is 63.9 cm³/mol. The van der Waals surface area contributed by atoms with Crippen LogP contribution in [0.5, 0.6) is 0 Å². The molecular weight excluding hydrogens is 216 g/mol. The first-order chi connectivity index (χ1) is 8.27. The van der Waals surface area contributed by atoms with Crippen LogP contribution in [0.2, 0.25) is 0 Å². The number of rotatable bonds is 1. The van der Waals surface area contributed by atoms with E-state index in [0.717, 1.165) is 10.4 Å². The van der Waals surface area contributed by atoms with E-state index in [2.05, 4.69) is 5.16 Å². The molecule has 0 fully saturated rings. The van der Waals surface area contributed by atoms with E-state index >= 15 is 0 Å². The molecule has 4 heteroatoms. The third-order valence-electron chi connectivity index (χ3n) is 2.88. The van der Waals surface area contributed by atoms with Crippen molar-refractivity contribution in [3.05, 3.63) is 46.9 Å². The Kier molecular flexibility index (Phi) is 2.08. The van der Waals surface area contributed by atoms with Gasteiger partial charge in [0.05, 0.1) is 5.92 Å². The van der Waals surface area contributed by atoms with Crippen molar-refractivity contribution in [3.63, 3.8) is 0 Å². The van der Waals surface area contributed by atoms with E-state index < -0.39 is 5.91 Å². The molecule has 1 unspecified atom stereocenters. The van der Waals surface area contributed by atoms with E-state index in [1.807, 2.05) is 42.5 Å². The zero-order valence-corrected chi connectivity index (χ0v) is 8.96. The van der Waals surface area contributed by atoms with Gasteiger partial charge in [-0.1, -0.05) is 47.6 Å². The number of primary amides is 1. The lowest BCUT2D eigenvalue weighted by molar-refractivity contribution is -0.112. The number of hydrogen-bond acceptors (Lipinski definition) is 3. The maximum atomic E-state index is 11.2. The molecule has 0 saturated carbocycles. The van der Waals surface area contributed by atoms with Crippen LogP contribution in [-0.2, 0) is 9.63 Å². The first kappa shape index (κ1) is 9.84. The third-order valence-corrected chi connectivity index (χ3v) is 2.88. The van der Waals surface area contributed by atoms with E-state index in [9.17, 15) is 4.79 Å². The first-order valence-corrected chi connectivity index (χ1v) is 5.30. The SMILES string of the molecule is NC(=O)C1=NOC2=c3ccccc3=CC=CC12. The quantitative estimate of drug-likeness (QED) is 0.710.